The highest BCUT2D eigenvalue weighted by molar-refractivity contribution is 5.80. The van der Waals surface area contributed by atoms with Crippen LogP contribution < -0.4 is 10.6 Å². The van der Waals surface area contributed by atoms with Gasteiger partial charge in [0.25, 0.3) is 0 Å². The van der Waals surface area contributed by atoms with Gasteiger partial charge in [-0.15, -0.1) is 0 Å². The summed E-state index contributed by atoms with van der Waals surface area (Å²) in [5.41, 5.74) is 0. The predicted octanol–water partition coefficient (Wildman–Crippen LogP) is 0.157. The molecule has 0 aliphatic heterocycles. The summed E-state index contributed by atoms with van der Waals surface area (Å²) >= 11 is 0. The van der Waals surface area contributed by atoms with Crippen LogP contribution in [-0.4, -0.2) is 48.5 Å². The number of nitrogens with one attached hydrogen (secondary N) is 2. The molecule has 0 aliphatic rings. The zero-order chi connectivity index (χ0) is 12.1. The lowest BCUT2D eigenvalue weighted by molar-refractivity contribution is -0.126. The first-order valence-electron chi connectivity index (χ1n) is 4.69. The lowest BCUT2D eigenvalue weighted by Crippen LogP contribution is -2.29. The number of anilines is 2. The summed E-state index contributed by atoms with van der Waals surface area (Å²) in [6.07, 6.45) is 1.04. The maximum Gasteiger partial charge on any atom is 0.241 e. The summed E-state index contributed by atoms with van der Waals surface area (Å²) in [7, 11) is 4.88. The molecule has 1 amide bonds. The monoisotopic (exact) mass is 227 g/mol. The molecule has 0 atom stereocenters. The number of carbonyl (C=O) groups excluding carboxylic acids is 1. The third-order valence-electron chi connectivity index (χ3n) is 1.87. The average molecular weight is 227 g/mol. The van der Waals surface area contributed by atoms with Crippen LogP contribution in [0.2, 0.25) is 0 Å². The van der Waals surface area contributed by atoms with Crippen molar-refractivity contribution in [1.29, 1.82) is 0 Å². The maximum atomic E-state index is 13.2. The summed E-state index contributed by atoms with van der Waals surface area (Å²) in [6, 6.07) is 0. The van der Waals surface area contributed by atoms with Crippen LogP contribution in [0.3, 0.4) is 0 Å². The van der Waals surface area contributed by atoms with Gasteiger partial charge in [-0.1, -0.05) is 0 Å². The van der Waals surface area contributed by atoms with E-state index in [1.54, 1.807) is 21.1 Å². The second-order valence-corrected chi connectivity index (χ2v) is 3.28. The molecule has 0 spiro atoms. The molecule has 0 saturated carbocycles. The van der Waals surface area contributed by atoms with Crippen molar-refractivity contribution in [1.82, 2.24) is 14.9 Å². The second-order valence-electron chi connectivity index (χ2n) is 3.28. The Kier molecular flexibility index (Phi) is 3.98. The van der Waals surface area contributed by atoms with E-state index in [-0.39, 0.29) is 18.3 Å². The van der Waals surface area contributed by atoms with Crippen LogP contribution in [0.15, 0.2) is 6.20 Å². The molecule has 16 heavy (non-hydrogen) atoms. The van der Waals surface area contributed by atoms with Crippen LogP contribution in [0.4, 0.5) is 16.2 Å². The number of aromatic nitrogens is 2. The smallest absolute Gasteiger partial charge is 0.241 e. The summed E-state index contributed by atoms with van der Waals surface area (Å²) in [6.45, 7) is -0.00983. The van der Waals surface area contributed by atoms with Gasteiger partial charge >= 0.3 is 0 Å². The Labute approximate surface area is 92.9 Å². The van der Waals surface area contributed by atoms with Gasteiger partial charge in [-0.05, 0) is 0 Å². The highest BCUT2D eigenvalue weighted by Gasteiger charge is 2.08. The topological polar surface area (TPSA) is 70.2 Å². The SMILES string of the molecule is CNc1ncc(F)c(NCC(=O)N(C)C)n1. The van der Waals surface area contributed by atoms with Gasteiger partial charge in [-0.2, -0.15) is 4.98 Å². The second kappa shape index (κ2) is 5.24. The van der Waals surface area contributed by atoms with Crippen molar-refractivity contribution < 1.29 is 9.18 Å². The first-order chi connectivity index (χ1) is 7.54. The van der Waals surface area contributed by atoms with Crippen LogP contribution in [-0.2, 0) is 4.79 Å². The van der Waals surface area contributed by atoms with Gasteiger partial charge < -0.3 is 15.5 Å². The third kappa shape index (κ3) is 3.04. The van der Waals surface area contributed by atoms with Crippen molar-refractivity contribution in [3.8, 4) is 0 Å². The number of nitrogens with zero attached hydrogens (tertiary/aromatic N) is 3. The summed E-state index contributed by atoms with van der Waals surface area (Å²) in [4.78, 5) is 20.2. The van der Waals surface area contributed by atoms with Gasteiger partial charge in [0, 0.05) is 21.1 Å². The molecule has 0 unspecified atom stereocenters. The lowest BCUT2D eigenvalue weighted by Gasteiger charge is -2.11. The minimum absolute atomic E-state index is 0.00884. The van der Waals surface area contributed by atoms with Gasteiger partial charge in [-0.3, -0.25) is 4.79 Å². The molecule has 0 saturated heterocycles. The minimum Gasteiger partial charge on any atom is -0.358 e. The first kappa shape index (κ1) is 12.2. The fourth-order valence-corrected chi connectivity index (χ4v) is 0.929. The third-order valence-corrected chi connectivity index (χ3v) is 1.87. The zero-order valence-electron chi connectivity index (χ0n) is 9.41. The predicted molar refractivity (Wildman–Crippen MR) is 58.7 cm³/mol. The van der Waals surface area contributed by atoms with E-state index in [4.69, 9.17) is 0 Å². The summed E-state index contributed by atoms with van der Waals surface area (Å²) < 4.78 is 13.2. The van der Waals surface area contributed by atoms with Crippen molar-refractivity contribution in [3.05, 3.63) is 12.0 Å². The quantitative estimate of drug-likeness (QED) is 0.766. The highest BCUT2D eigenvalue weighted by atomic mass is 19.1. The summed E-state index contributed by atoms with van der Waals surface area (Å²) in [5.74, 6) is -0.453. The van der Waals surface area contributed by atoms with E-state index in [0.29, 0.717) is 5.95 Å². The number of hydrogen-bond acceptors (Lipinski definition) is 5. The fraction of sp³-hybridized carbons (Fsp3) is 0.444. The first-order valence-corrected chi connectivity index (χ1v) is 4.69. The van der Waals surface area contributed by atoms with Gasteiger partial charge in [-0.25, -0.2) is 9.37 Å². The van der Waals surface area contributed by atoms with E-state index in [9.17, 15) is 9.18 Å². The Morgan fingerprint density at radius 2 is 2.25 bits per heavy atom. The van der Waals surface area contributed by atoms with Crippen LogP contribution in [0.5, 0.6) is 0 Å². The van der Waals surface area contributed by atoms with Crippen LogP contribution >= 0.6 is 0 Å². The Bertz CT molecular complexity index is 382. The number of carbonyl (C=O) groups is 1. The van der Waals surface area contributed by atoms with Gasteiger partial charge in [0.15, 0.2) is 11.6 Å². The molecule has 0 bridgehead atoms. The largest absolute Gasteiger partial charge is 0.358 e. The maximum absolute atomic E-state index is 13.2. The molecule has 7 heteroatoms. The Morgan fingerprint density at radius 1 is 1.56 bits per heavy atom. The lowest BCUT2D eigenvalue weighted by atomic mass is 10.5. The molecule has 1 aromatic rings. The number of likely N-dealkylation sites (N-methyl/N-ethyl adjacent to an activating group) is 1. The zero-order valence-corrected chi connectivity index (χ0v) is 9.41. The highest BCUT2D eigenvalue weighted by Crippen LogP contribution is 2.10. The summed E-state index contributed by atoms with van der Waals surface area (Å²) in [5, 5.41) is 5.29. The van der Waals surface area contributed by atoms with Crippen molar-refractivity contribution in [2.24, 2.45) is 0 Å². The average Bonchev–Trinajstić information content (AvgIpc) is 2.27. The molecule has 0 aromatic carbocycles. The van der Waals surface area contributed by atoms with Crippen molar-refractivity contribution in [2.75, 3.05) is 38.3 Å². The Morgan fingerprint density at radius 3 is 2.81 bits per heavy atom. The van der Waals surface area contributed by atoms with Gasteiger partial charge in [0.05, 0.1) is 12.7 Å². The number of hydrogen-bond donors (Lipinski definition) is 2. The van der Waals surface area contributed by atoms with Crippen LogP contribution in [0.1, 0.15) is 0 Å². The molecule has 1 aromatic heterocycles. The van der Waals surface area contributed by atoms with E-state index in [1.807, 2.05) is 0 Å². The van der Waals surface area contributed by atoms with E-state index >= 15 is 0 Å². The number of halogens is 1. The van der Waals surface area contributed by atoms with E-state index < -0.39 is 5.82 Å². The minimum atomic E-state index is -0.592. The molecule has 0 fully saturated rings. The van der Waals surface area contributed by atoms with Crippen molar-refractivity contribution >= 4 is 17.7 Å². The van der Waals surface area contributed by atoms with Crippen molar-refractivity contribution in [2.45, 2.75) is 0 Å². The van der Waals surface area contributed by atoms with Crippen LogP contribution in [0, 0.1) is 5.82 Å². The standard InChI is InChI=1S/C9H14FN5O/c1-11-9-13-4-6(10)8(14-9)12-5-7(16)15(2)3/h4H,5H2,1-3H3,(H2,11,12,13,14). The molecule has 0 radical (unpaired) electrons. The molecule has 88 valence electrons. The molecule has 0 aliphatic carbocycles. The normalized spacial score (nSPS) is 9.75. The molecular formula is C9H14FN5O. The number of amides is 1. The van der Waals surface area contributed by atoms with Gasteiger partial charge in [0.1, 0.15) is 0 Å². The van der Waals surface area contributed by atoms with Crippen LogP contribution in [0.25, 0.3) is 0 Å². The Hall–Kier alpha value is -1.92. The van der Waals surface area contributed by atoms with Gasteiger partial charge in [0.2, 0.25) is 11.9 Å². The molecule has 6 nitrogen and oxygen atoms in total. The molecular weight excluding hydrogens is 213 g/mol. The molecule has 1 heterocycles. The molecule has 1 rings (SSSR count). The van der Waals surface area contributed by atoms with Crippen molar-refractivity contribution in [3.63, 3.8) is 0 Å². The van der Waals surface area contributed by atoms with E-state index in [1.165, 1.54) is 4.90 Å². The Balaban J connectivity index is 2.69. The van der Waals surface area contributed by atoms with E-state index in [2.05, 4.69) is 20.6 Å². The molecule has 2 N–H and O–H groups in total. The van der Waals surface area contributed by atoms with E-state index in [0.717, 1.165) is 6.20 Å². The number of rotatable bonds is 4. The fourth-order valence-electron chi connectivity index (χ4n) is 0.929.